The van der Waals surface area contributed by atoms with E-state index < -0.39 is 60.4 Å². The zero-order valence-corrected chi connectivity index (χ0v) is 43.1. The molecule has 10 aromatic rings. The first-order valence-electron chi connectivity index (χ1n) is 31.5. The van der Waals surface area contributed by atoms with E-state index in [1.165, 1.54) is 44.1 Å². The molecule has 0 N–H and O–H groups in total. The Kier molecular flexibility index (Phi) is 8.30. The minimum Gasteiger partial charge on any atom is -0.510 e. The summed E-state index contributed by atoms with van der Waals surface area (Å²) >= 11 is 0. The maximum absolute atomic E-state index is 9.52. The number of ether oxygens (including phenoxy) is 1. The summed E-state index contributed by atoms with van der Waals surface area (Å²) in [5.74, 6) is 5.71. The fraction of sp³-hybridized carbons (Fsp3) is 0.294. The second-order valence-electron chi connectivity index (χ2n) is 22.9. The number of aromatic nitrogens is 4. The summed E-state index contributed by atoms with van der Waals surface area (Å²) in [6.07, 6.45) is 19.7. The summed E-state index contributed by atoms with van der Waals surface area (Å²) in [7, 11) is 0. The van der Waals surface area contributed by atoms with Gasteiger partial charge in [0.25, 0.3) is 6.33 Å². The second-order valence-corrected chi connectivity index (χ2v) is 22.9. The molecule has 8 aliphatic rings. The van der Waals surface area contributed by atoms with Crippen LogP contribution in [0.1, 0.15) is 102 Å². The number of fused-ring (bicyclic) bond motifs is 4. The molecule has 8 fully saturated rings. The maximum atomic E-state index is 9.52. The van der Waals surface area contributed by atoms with Gasteiger partial charge >= 0.3 is 0 Å². The number of hydrogen-bond acceptors (Lipinski definition) is 2. The maximum Gasteiger partial charge on any atom is 0.268 e. The van der Waals surface area contributed by atoms with Crippen LogP contribution in [0.25, 0.3) is 72.3 Å². The van der Waals surface area contributed by atoms with E-state index in [4.69, 9.17) is 17.9 Å². The van der Waals surface area contributed by atoms with Crippen molar-refractivity contribution in [2.45, 2.75) is 87.9 Å². The molecule has 0 unspecified atom stereocenters. The van der Waals surface area contributed by atoms with E-state index in [1.807, 2.05) is 71.4 Å². The predicted molar refractivity (Wildman–Crippen MR) is 291 cm³/mol. The molecule has 7 aromatic carbocycles. The summed E-state index contributed by atoms with van der Waals surface area (Å²) in [6.45, 7) is 0. The third kappa shape index (κ3) is 7.19. The van der Waals surface area contributed by atoms with Gasteiger partial charge in [-0.15, -0.1) is 29.7 Å². The van der Waals surface area contributed by atoms with Gasteiger partial charge in [0, 0.05) is 44.3 Å². The van der Waals surface area contributed by atoms with Crippen molar-refractivity contribution >= 4 is 32.8 Å². The molecular weight excluding hydrogens is 1080 g/mol. The van der Waals surface area contributed by atoms with Crippen molar-refractivity contribution in [1.82, 2.24) is 14.1 Å². The zero-order chi connectivity index (χ0) is 56.5. The molecule has 6 heteroatoms. The van der Waals surface area contributed by atoms with Crippen LogP contribution < -0.4 is 9.30 Å². The van der Waals surface area contributed by atoms with E-state index in [1.54, 1.807) is 4.57 Å². The Balaban J connectivity index is 0.00000600. The van der Waals surface area contributed by atoms with Crippen molar-refractivity contribution in [1.29, 1.82) is 0 Å². The molecule has 74 heavy (non-hydrogen) atoms. The summed E-state index contributed by atoms with van der Waals surface area (Å²) in [5.41, 5.74) is 6.52. The number of para-hydroxylation sites is 3. The van der Waals surface area contributed by atoms with Crippen molar-refractivity contribution < 1.29 is 44.1 Å². The standard InChI is InChI=1S/C68H58N4O.Pt/c1-3-12-50(13-4-1)59-32-53(68-40-47-29-48(41-68)31-49(30-47)42-68)33-60(51-14-5-2-6-15-51)66(59)71-43-70(62-20-9-10-21-63(62)71)54-16-11-17-55(35-54)73-56-22-23-58-57-18-7-8-19-61(57)72(64(58)36-56)65-34-52(24-25-69-65)67-37-44-26-45(38-67)28-46(27-44)39-67;/h1-25,32-34,44-49H,26-31,37-42H2;/q-2;/i1D,2D,3D,4D,5D,6D,12D,13D,14D,15D;. The number of hydrogen-bond donors (Lipinski definition) is 0. The second kappa shape index (κ2) is 17.3. The van der Waals surface area contributed by atoms with Gasteiger partial charge in [0.2, 0.25) is 0 Å². The number of nitrogens with zero attached hydrogens (tertiary/aromatic N) is 4. The third-order valence-electron chi connectivity index (χ3n) is 18.5. The minimum atomic E-state index is -0.532. The first kappa shape index (κ1) is 35.6. The van der Waals surface area contributed by atoms with E-state index in [-0.39, 0.29) is 59.8 Å². The molecule has 0 aliphatic heterocycles. The molecule has 8 aliphatic carbocycles. The van der Waals surface area contributed by atoms with Crippen molar-refractivity contribution in [2.24, 2.45) is 35.5 Å². The van der Waals surface area contributed by atoms with Crippen LogP contribution in [0.3, 0.4) is 0 Å². The average Bonchev–Trinajstić information content (AvgIpc) is 1.84. The van der Waals surface area contributed by atoms with E-state index in [0.29, 0.717) is 46.0 Å². The normalized spacial score (nSPS) is 28.2. The molecule has 18 rings (SSSR count). The van der Waals surface area contributed by atoms with E-state index >= 15 is 0 Å². The van der Waals surface area contributed by atoms with Gasteiger partial charge in [-0.3, -0.25) is 4.57 Å². The smallest absolute Gasteiger partial charge is 0.268 e. The third-order valence-corrected chi connectivity index (χ3v) is 18.5. The molecule has 368 valence electrons. The molecule has 8 saturated carbocycles. The fourth-order valence-electron chi connectivity index (χ4n) is 16.5. The van der Waals surface area contributed by atoms with Crippen LogP contribution in [0.5, 0.6) is 11.5 Å². The number of rotatable bonds is 9. The average molecular weight is 1150 g/mol. The largest absolute Gasteiger partial charge is 0.510 e. The molecule has 0 spiro atoms. The summed E-state index contributed by atoms with van der Waals surface area (Å²) in [4.78, 5) is 5.05. The van der Waals surface area contributed by atoms with Crippen molar-refractivity contribution in [2.75, 3.05) is 0 Å². The van der Waals surface area contributed by atoms with Gasteiger partial charge in [0.05, 0.1) is 30.4 Å². The molecule has 8 bridgehead atoms. The Morgan fingerprint density at radius 1 is 0.554 bits per heavy atom. The van der Waals surface area contributed by atoms with Crippen LogP contribution in [0.4, 0.5) is 0 Å². The zero-order valence-electron chi connectivity index (χ0n) is 50.9. The number of pyridine rings is 1. The molecule has 0 saturated heterocycles. The molecule has 3 aromatic heterocycles. The van der Waals surface area contributed by atoms with E-state index in [9.17, 15) is 5.48 Å². The molecule has 0 atom stereocenters. The minimum absolute atomic E-state index is 0. The van der Waals surface area contributed by atoms with Gasteiger partial charge in [-0.05, 0) is 186 Å². The van der Waals surface area contributed by atoms with Crippen LogP contribution in [-0.4, -0.2) is 14.1 Å². The van der Waals surface area contributed by atoms with Gasteiger partial charge in [-0.2, -0.15) is 18.2 Å². The van der Waals surface area contributed by atoms with Gasteiger partial charge in [-0.1, -0.05) is 121 Å². The first-order chi connectivity index (χ1) is 40.1. The van der Waals surface area contributed by atoms with Gasteiger partial charge in [-0.25, -0.2) is 4.98 Å². The van der Waals surface area contributed by atoms with Crippen LogP contribution in [0.15, 0.2) is 170 Å². The van der Waals surface area contributed by atoms with Gasteiger partial charge < -0.3 is 13.9 Å². The van der Waals surface area contributed by atoms with Crippen LogP contribution in [0.2, 0.25) is 0 Å². The van der Waals surface area contributed by atoms with Crippen molar-refractivity contribution in [3.05, 3.63) is 199 Å². The van der Waals surface area contributed by atoms with E-state index in [2.05, 4.69) is 65.5 Å². The Labute approximate surface area is 462 Å². The molecule has 0 amide bonds. The predicted octanol–water partition coefficient (Wildman–Crippen LogP) is 15.9. The van der Waals surface area contributed by atoms with Gasteiger partial charge in [0.15, 0.2) is 0 Å². The number of imidazole rings is 1. The van der Waals surface area contributed by atoms with Crippen LogP contribution >= 0.6 is 0 Å². The van der Waals surface area contributed by atoms with E-state index in [0.717, 1.165) is 89.5 Å². The molecular formula is C68H58N4OPt-2. The van der Waals surface area contributed by atoms with Crippen LogP contribution in [-0.2, 0) is 31.9 Å². The quantitative estimate of drug-likeness (QED) is 0.107. The first-order valence-corrected chi connectivity index (χ1v) is 26.5. The Hall–Kier alpha value is -6.55. The summed E-state index contributed by atoms with van der Waals surface area (Å²) in [5, 5.41) is 2.12. The van der Waals surface area contributed by atoms with Crippen molar-refractivity contribution in [3.63, 3.8) is 0 Å². The Bertz CT molecular complexity index is 4220. The van der Waals surface area contributed by atoms with Crippen LogP contribution in [0, 0.1) is 54.0 Å². The molecule has 3 heterocycles. The Morgan fingerprint density at radius 2 is 1.12 bits per heavy atom. The SMILES string of the molecule is [2H]c1c([2H])c([2H])c(-c2cc(C34CC5CC(CC(C5)C3)C4)cc(-c3c([2H])c([2H])c([2H])c([2H])c3[2H])c2-[n+]2[c-]n(-c3[c-]c(Oc4[c-]c5c(cc4)c4ccccc4n5-c4cc(C56CC7CC(CC(C7)C5)C6)ccn4)ccc3)c3ccccc32)c([2H])c1[2H].[Pt]. The number of benzene rings is 7. The summed E-state index contributed by atoms with van der Waals surface area (Å²) < 4.78 is 104. The van der Waals surface area contributed by atoms with Gasteiger partial charge in [0.1, 0.15) is 5.82 Å². The fourth-order valence-corrected chi connectivity index (χ4v) is 16.5. The Morgan fingerprint density at radius 3 is 1.76 bits per heavy atom. The monoisotopic (exact) mass is 1150 g/mol. The summed E-state index contributed by atoms with van der Waals surface area (Å²) in [6, 6.07) is 36.6. The molecule has 5 nitrogen and oxygen atoms in total. The molecule has 0 radical (unpaired) electrons. The van der Waals surface area contributed by atoms with Crippen molar-refractivity contribution in [3.8, 4) is 50.9 Å². The topological polar surface area (TPSA) is 35.9 Å².